The molecule has 0 aliphatic rings. The second-order valence-corrected chi connectivity index (χ2v) is 5.19. The highest BCUT2D eigenvalue weighted by Crippen LogP contribution is 2.24. The van der Waals surface area contributed by atoms with Gasteiger partial charge in [0.1, 0.15) is 5.82 Å². The van der Waals surface area contributed by atoms with Gasteiger partial charge < -0.3 is 10.3 Å². The topological polar surface area (TPSA) is 56.7 Å². The Kier molecular flexibility index (Phi) is 3.42. The van der Waals surface area contributed by atoms with Gasteiger partial charge in [-0.3, -0.25) is 4.98 Å². The molecular weight excluding hydrogens is 272 g/mol. The van der Waals surface area contributed by atoms with Crippen molar-refractivity contribution in [1.82, 2.24) is 14.5 Å². The second-order valence-electron chi connectivity index (χ2n) is 4.78. The number of hydrogen-bond donors (Lipinski definition) is 1. The number of pyridine rings is 1. The number of nitrogens with two attached hydrogens (primary N) is 1. The van der Waals surface area contributed by atoms with E-state index in [1.54, 1.807) is 12.4 Å². The van der Waals surface area contributed by atoms with Crippen LogP contribution >= 0.6 is 11.6 Å². The first-order valence-corrected chi connectivity index (χ1v) is 6.80. The van der Waals surface area contributed by atoms with E-state index in [-0.39, 0.29) is 6.04 Å². The Bertz CT molecular complexity index is 750. The summed E-state index contributed by atoms with van der Waals surface area (Å²) in [7, 11) is 2.01. The molecule has 5 heteroatoms. The van der Waals surface area contributed by atoms with Crippen molar-refractivity contribution in [2.24, 2.45) is 12.8 Å². The Labute approximate surface area is 122 Å². The molecule has 4 nitrogen and oxygen atoms in total. The molecule has 0 amide bonds. The van der Waals surface area contributed by atoms with Gasteiger partial charge in [0.15, 0.2) is 0 Å². The maximum Gasteiger partial charge on any atom is 0.111 e. The summed E-state index contributed by atoms with van der Waals surface area (Å²) in [6.45, 7) is 0. The van der Waals surface area contributed by atoms with Crippen LogP contribution in [0.3, 0.4) is 0 Å². The summed E-state index contributed by atoms with van der Waals surface area (Å²) in [6, 6.07) is 9.71. The molecule has 0 spiro atoms. The molecule has 102 valence electrons. The zero-order valence-corrected chi connectivity index (χ0v) is 11.9. The van der Waals surface area contributed by atoms with Crippen LogP contribution in [-0.4, -0.2) is 14.5 Å². The molecule has 1 aromatic carbocycles. The van der Waals surface area contributed by atoms with Crippen LogP contribution in [0.2, 0.25) is 5.02 Å². The SMILES string of the molecule is Cn1c(CC(N)c2ccncc2Cl)nc2ccccc21. The number of aryl methyl sites for hydroxylation is 1. The molecule has 3 aromatic rings. The first-order chi connectivity index (χ1) is 9.66. The first-order valence-electron chi connectivity index (χ1n) is 6.42. The Hall–Kier alpha value is -1.91. The van der Waals surface area contributed by atoms with Crippen LogP contribution in [0.1, 0.15) is 17.4 Å². The standard InChI is InChI=1S/C15H15ClN4/c1-20-14-5-3-2-4-13(14)19-15(20)8-12(17)10-6-7-18-9-11(10)16/h2-7,9,12H,8,17H2,1H3. The lowest BCUT2D eigenvalue weighted by Crippen LogP contribution is -2.16. The summed E-state index contributed by atoms with van der Waals surface area (Å²) >= 11 is 6.13. The van der Waals surface area contributed by atoms with Gasteiger partial charge in [-0.2, -0.15) is 0 Å². The van der Waals surface area contributed by atoms with Gasteiger partial charge in [0.25, 0.3) is 0 Å². The van der Waals surface area contributed by atoms with Crippen molar-refractivity contribution in [3.05, 3.63) is 59.1 Å². The number of halogens is 1. The van der Waals surface area contributed by atoms with E-state index in [0.717, 1.165) is 22.4 Å². The predicted octanol–water partition coefficient (Wildman–Crippen LogP) is 2.86. The lowest BCUT2D eigenvalue weighted by Gasteiger charge is -2.13. The maximum atomic E-state index is 6.25. The molecule has 0 aliphatic carbocycles. The molecule has 2 heterocycles. The average Bonchev–Trinajstić information content (AvgIpc) is 2.76. The van der Waals surface area contributed by atoms with Crippen molar-refractivity contribution < 1.29 is 0 Å². The molecule has 0 radical (unpaired) electrons. The number of fused-ring (bicyclic) bond motifs is 1. The van der Waals surface area contributed by atoms with Crippen molar-refractivity contribution >= 4 is 22.6 Å². The third-order valence-corrected chi connectivity index (χ3v) is 3.80. The van der Waals surface area contributed by atoms with Crippen molar-refractivity contribution in [2.45, 2.75) is 12.5 Å². The highest BCUT2D eigenvalue weighted by Gasteiger charge is 2.15. The van der Waals surface area contributed by atoms with E-state index in [9.17, 15) is 0 Å². The molecule has 20 heavy (non-hydrogen) atoms. The number of hydrogen-bond acceptors (Lipinski definition) is 3. The van der Waals surface area contributed by atoms with Crippen LogP contribution in [0, 0.1) is 0 Å². The van der Waals surface area contributed by atoms with Gasteiger partial charge in [0.05, 0.1) is 16.1 Å². The van der Waals surface area contributed by atoms with Crippen molar-refractivity contribution in [3.8, 4) is 0 Å². The van der Waals surface area contributed by atoms with Gasteiger partial charge in [-0.15, -0.1) is 0 Å². The number of para-hydroxylation sites is 2. The van der Waals surface area contributed by atoms with Crippen LogP contribution in [0.5, 0.6) is 0 Å². The van der Waals surface area contributed by atoms with E-state index in [2.05, 4.69) is 20.6 Å². The third kappa shape index (κ3) is 2.28. The minimum Gasteiger partial charge on any atom is -0.331 e. The molecule has 0 saturated heterocycles. The number of imidazole rings is 1. The summed E-state index contributed by atoms with van der Waals surface area (Å²) in [6.07, 6.45) is 3.95. The maximum absolute atomic E-state index is 6.25. The Morgan fingerprint density at radius 2 is 2.10 bits per heavy atom. The fourth-order valence-corrected chi connectivity index (χ4v) is 2.63. The van der Waals surface area contributed by atoms with Crippen molar-refractivity contribution in [2.75, 3.05) is 0 Å². The quantitative estimate of drug-likeness (QED) is 0.805. The van der Waals surface area contributed by atoms with Crippen molar-refractivity contribution in [1.29, 1.82) is 0 Å². The molecule has 1 atom stereocenters. The normalized spacial score (nSPS) is 12.8. The lowest BCUT2D eigenvalue weighted by atomic mass is 10.1. The van der Waals surface area contributed by atoms with Gasteiger partial charge >= 0.3 is 0 Å². The zero-order valence-electron chi connectivity index (χ0n) is 11.1. The fourth-order valence-electron chi connectivity index (χ4n) is 2.37. The minimum atomic E-state index is -0.194. The molecule has 0 aliphatic heterocycles. The molecular formula is C15H15ClN4. The highest BCUT2D eigenvalue weighted by atomic mass is 35.5. The summed E-state index contributed by atoms with van der Waals surface area (Å²) in [5.41, 5.74) is 9.24. The summed E-state index contributed by atoms with van der Waals surface area (Å²) in [5, 5.41) is 0.596. The second kappa shape index (κ2) is 5.23. The third-order valence-electron chi connectivity index (χ3n) is 3.49. The number of aromatic nitrogens is 3. The molecule has 0 saturated carbocycles. The van der Waals surface area contributed by atoms with Gasteiger partial charge in [0, 0.05) is 31.9 Å². The van der Waals surface area contributed by atoms with E-state index in [1.165, 1.54) is 0 Å². The summed E-state index contributed by atoms with van der Waals surface area (Å²) in [4.78, 5) is 8.61. The van der Waals surface area contributed by atoms with Crippen molar-refractivity contribution in [3.63, 3.8) is 0 Å². The Morgan fingerprint density at radius 1 is 1.30 bits per heavy atom. The van der Waals surface area contributed by atoms with Crippen LogP contribution in [-0.2, 0) is 13.5 Å². The minimum absolute atomic E-state index is 0.194. The first kappa shape index (κ1) is 13.1. The van der Waals surface area contributed by atoms with Crippen LogP contribution in [0.15, 0.2) is 42.7 Å². The number of rotatable bonds is 3. The van der Waals surface area contributed by atoms with E-state index in [1.807, 2.05) is 31.3 Å². The fraction of sp³-hybridized carbons (Fsp3) is 0.200. The van der Waals surface area contributed by atoms with E-state index in [0.29, 0.717) is 11.4 Å². The lowest BCUT2D eigenvalue weighted by molar-refractivity contribution is 0.664. The molecule has 2 N–H and O–H groups in total. The van der Waals surface area contributed by atoms with E-state index < -0.39 is 0 Å². The molecule has 0 fully saturated rings. The van der Waals surface area contributed by atoms with Gasteiger partial charge in [-0.1, -0.05) is 23.7 Å². The predicted molar refractivity (Wildman–Crippen MR) is 80.6 cm³/mol. The number of benzene rings is 1. The Balaban J connectivity index is 1.93. The van der Waals surface area contributed by atoms with Gasteiger partial charge in [0.2, 0.25) is 0 Å². The van der Waals surface area contributed by atoms with Crippen LogP contribution in [0.4, 0.5) is 0 Å². The monoisotopic (exact) mass is 286 g/mol. The molecule has 1 unspecified atom stereocenters. The molecule has 0 bridgehead atoms. The van der Waals surface area contributed by atoms with E-state index in [4.69, 9.17) is 17.3 Å². The van der Waals surface area contributed by atoms with E-state index >= 15 is 0 Å². The molecule has 3 rings (SSSR count). The Morgan fingerprint density at radius 3 is 2.85 bits per heavy atom. The zero-order chi connectivity index (χ0) is 14.1. The van der Waals surface area contributed by atoms with Crippen LogP contribution < -0.4 is 5.73 Å². The highest BCUT2D eigenvalue weighted by molar-refractivity contribution is 6.31. The largest absolute Gasteiger partial charge is 0.331 e. The number of nitrogens with zero attached hydrogens (tertiary/aromatic N) is 3. The van der Waals surface area contributed by atoms with Gasteiger partial charge in [-0.05, 0) is 23.8 Å². The summed E-state index contributed by atoms with van der Waals surface area (Å²) < 4.78 is 2.07. The average molecular weight is 287 g/mol. The summed E-state index contributed by atoms with van der Waals surface area (Å²) in [5.74, 6) is 0.951. The van der Waals surface area contributed by atoms with Gasteiger partial charge in [-0.25, -0.2) is 4.98 Å². The van der Waals surface area contributed by atoms with Crippen LogP contribution in [0.25, 0.3) is 11.0 Å². The molecule has 2 aromatic heterocycles. The smallest absolute Gasteiger partial charge is 0.111 e.